The SMILES string of the molecule is CCCc1ccc(OCC(=O)N/N=C\c2cc(OC)ccc2OC)cc1. The van der Waals surface area contributed by atoms with Crippen LogP contribution in [0.15, 0.2) is 47.6 Å². The third-order valence-electron chi connectivity index (χ3n) is 3.66. The minimum atomic E-state index is -0.347. The molecule has 6 nitrogen and oxygen atoms in total. The average molecular weight is 356 g/mol. The molecule has 0 spiro atoms. The van der Waals surface area contributed by atoms with Crippen molar-refractivity contribution in [3.63, 3.8) is 0 Å². The van der Waals surface area contributed by atoms with Gasteiger partial charge in [0.25, 0.3) is 5.91 Å². The van der Waals surface area contributed by atoms with Gasteiger partial charge in [0, 0.05) is 5.56 Å². The predicted molar refractivity (Wildman–Crippen MR) is 101 cm³/mol. The molecule has 1 amide bonds. The molecule has 0 atom stereocenters. The van der Waals surface area contributed by atoms with Crippen molar-refractivity contribution >= 4 is 12.1 Å². The van der Waals surface area contributed by atoms with Gasteiger partial charge in [-0.25, -0.2) is 5.43 Å². The van der Waals surface area contributed by atoms with E-state index in [1.165, 1.54) is 11.8 Å². The molecule has 0 aliphatic heterocycles. The maximum atomic E-state index is 11.8. The number of nitrogens with one attached hydrogen (secondary N) is 1. The predicted octanol–water partition coefficient (Wildman–Crippen LogP) is 3.19. The summed E-state index contributed by atoms with van der Waals surface area (Å²) < 4.78 is 15.9. The summed E-state index contributed by atoms with van der Waals surface area (Å²) in [7, 11) is 3.15. The second-order valence-electron chi connectivity index (χ2n) is 5.58. The fourth-order valence-corrected chi connectivity index (χ4v) is 2.34. The van der Waals surface area contributed by atoms with E-state index in [2.05, 4.69) is 17.5 Å². The second-order valence-corrected chi connectivity index (χ2v) is 5.58. The Labute approximate surface area is 153 Å². The number of hydrogen-bond donors (Lipinski definition) is 1. The highest BCUT2D eigenvalue weighted by atomic mass is 16.5. The summed E-state index contributed by atoms with van der Waals surface area (Å²) >= 11 is 0. The lowest BCUT2D eigenvalue weighted by molar-refractivity contribution is -0.123. The van der Waals surface area contributed by atoms with Crippen LogP contribution in [0, 0.1) is 0 Å². The van der Waals surface area contributed by atoms with Gasteiger partial charge in [0.15, 0.2) is 6.61 Å². The molecule has 0 saturated carbocycles. The van der Waals surface area contributed by atoms with E-state index in [0.29, 0.717) is 22.8 Å². The number of nitrogens with zero attached hydrogens (tertiary/aromatic N) is 1. The van der Waals surface area contributed by atoms with E-state index in [1.807, 2.05) is 24.3 Å². The fraction of sp³-hybridized carbons (Fsp3) is 0.300. The van der Waals surface area contributed by atoms with E-state index < -0.39 is 0 Å². The number of ether oxygens (including phenoxy) is 3. The average Bonchev–Trinajstić information content (AvgIpc) is 2.67. The highest BCUT2D eigenvalue weighted by Crippen LogP contribution is 2.22. The van der Waals surface area contributed by atoms with Gasteiger partial charge in [-0.1, -0.05) is 25.5 Å². The second kappa shape index (κ2) is 10.1. The zero-order valence-electron chi connectivity index (χ0n) is 15.3. The normalized spacial score (nSPS) is 10.6. The highest BCUT2D eigenvalue weighted by Gasteiger charge is 2.04. The van der Waals surface area contributed by atoms with Crippen molar-refractivity contribution in [2.24, 2.45) is 5.10 Å². The molecule has 0 bridgehead atoms. The first-order valence-electron chi connectivity index (χ1n) is 8.42. The van der Waals surface area contributed by atoms with E-state index >= 15 is 0 Å². The lowest BCUT2D eigenvalue weighted by Gasteiger charge is -2.07. The Kier molecular flexibility index (Phi) is 7.49. The molecule has 0 radical (unpaired) electrons. The zero-order valence-corrected chi connectivity index (χ0v) is 15.3. The molecule has 1 N–H and O–H groups in total. The summed E-state index contributed by atoms with van der Waals surface area (Å²) in [5.41, 5.74) is 4.38. The molecule has 0 heterocycles. The standard InChI is InChI=1S/C20H24N2O4/c1-4-5-15-6-8-17(9-7-15)26-14-20(23)22-21-13-16-12-18(24-2)10-11-19(16)25-3/h6-13H,4-5,14H2,1-3H3,(H,22,23)/b21-13-. The van der Waals surface area contributed by atoms with E-state index in [1.54, 1.807) is 32.4 Å². The summed E-state index contributed by atoms with van der Waals surface area (Å²) in [6.07, 6.45) is 3.63. The van der Waals surface area contributed by atoms with E-state index in [-0.39, 0.29) is 12.5 Å². The van der Waals surface area contributed by atoms with Crippen LogP contribution in [-0.2, 0) is 11.2 Å². The molecule has 0 aliphatic carbocycles. The smallest absolute Gasteiger partial charge is 0.277 e. The third kappa shape index (κ3) is 5.81. The summed E-state index contributed by atoms with van der Waals surface area (Å²) in [5, 5.41) is 3.94. The maximum absolute atomic E-state index is 11.8. The van der Waals surface area contributed by atoms with Crippen LogP contribution in [0.1, 0.15) is 24.5 Å². The quantitative estimate of drug-likeness (QED) is 0.553. The van der Waals surface area contributed by atoms with Gasteiger partial charge in [-0.05, 0) is 42.3 Å². The minimum absolute atomic E-state index is 0.111. The Balaban J connectivity index is 1.85. The number of carbonyl (C=O) groups excluding carboxylic acids is 1. The van der Waals surface area contributed by atoms with E-state index in [4.69, 9.17) is 14.2 Å². The molecule has 2 rings (SSSR count). The Morgan fingerprint density at radius 2 is 1.81 bits per heavy atom. The summed E-state index contributed by atoms with van der Waals surface area (Å²) in [6.45, 7) is 2.02. The van der Waals surface area contributed by atoms with Crippen LogP contribution < -0.4 is 19.6 Å². The highest BCUT2D eigenvalue weighted by molar-refractivity contribution is 5.86. The van der Waals surface area contributed by atoms with Crippen LogP contribution in [0.4, 0.5) is 0 Å². The Hall–Kier alpha value is -3.02. The molecule has 0 fully saturated rings. The van der Waals surface area contributed by atoms with Crippen molar-refractivity contribution in [3.8, 4) is 17.2 Å². The molecule has 138 valence electrons. The van der Waals surface area contributed by atoms with Crippen LogP contribution in [0.2, 0.25) is 0 Å². The van der Waals surface area contributed by atoms with Crippen LogP contribution >= 0.6 is 0 Å². The number of methoxy groups -OCH3 is 2. The van der Waals surface area contributed by atoms with Crippen molar-refractivity contribution in [1.82, 2.24) is 5.43 Å². The monoisotopic (exact) mass is 356 g/mol. The van der Waals surface area contributed by atoms with Gasteiger partial charge in [-0.2, -0.15) is 5.10 Å². The topological polar surface area (TPSA) is 69.2 Å². The van der Waals surface area contributed by atoms with Crippen molar-refractivity contribution in [2.75, 3.05) is 20.8 Å². The van der Waals surface area contributed by atoms with Gasteiger partial charge < -0.3 is 14.2 Å². The number of benzene rings is 2. The van der Waals surface area contributed by atoms with Gasteiger partial charge >= 0.3 is 0 Å². The lowest BCUT2D eigenvalue weighted by Crippen LogP contribution is -2.24. The molecule has 0 saturated heterocycles. The van der Waals surface area contributed by atoms with Crippen molar-refractivity contribution in [1.29, 1.82) is 0 Å². The van der Waals surface area contributed by atoms with Crippen LogP contribution in [0.25, 0.3) is 0 Å². The van der Waals surface area contributed by atoms with Crippen molar-refractivity contribution in [3.05, 3.63) is 53.6 Å². The van der Waals surface area contributed by atoms with Crippen LogP contribution in [0.3, 0.4) is 0 Å². The first kappa shape index (κ1) is 19.3. The number of aryl methyl sites for hydroxylation is 1. The van der Waals surface area contributed by atoms with Gasteiger partial charge in [0.1, 0.15) is 17.2 Å². The van der Waals surface area contributed by atoms with Crippen molar-refractivity contribution < 1.29 is 19.0 Å². The fourth-order valence-electron chi connectivity index (χ4n) is 2.34. The van der Waals surface area contributed by atoms with E-state index in [9.17, 15) is 4.79 Å². The molecule has 0 aliphatic rings. The lowest BCUT2D eigenvalue weighted by atomic mass is 10.1. The third-order valence-corrected chi connectivity index (χ3v) is 3.66. The molecule has 6 heteroatoms. The number of hydrazone groups is 1. The van der Waals surface area contributed by atoms with Gasteiger partial charge in [0.05, 0.1) is 20.4 Å². The van der Waals surface area contributed by atoms with Crippen LogP contribution in [-0.4, -0.2) is 32.9 Å². The Morgan fingerprint density at radius 1 is 1.08 bits per heavy atom. The van der Waals surface area contributed by atoms with Gasteiger partial charge in [-0.15, -0.1) is 0 Å². The molecular formula is C20H24N2O4. The number of hydrogen-bond acceptors (Lipinski definition) is 5. The number of carbonyl (C=O) groups is 1. The van der Waals surface area contributed by atoms with Gasteiger partial charge in [-0.3, -0.25) is 4.79 Å². The van der Waals surface area contributed by atoms with Gasteiger partial charge in [0.2, 0.25) is 0 Å². The summed E-state index contributed by atoms with van der Waals surface area (Å²) in [4.78, 5) is 11.8. The minimum Gasteiger partial charge on any atom is -0.497 e. The first-order valence-corrected chi connectivity index (χ1v) is 8.42. The Bertz CT molecular complexity index is 742. The largest absolute Gasteiger partial charge is 0.497 e. The van der Waals surface area contributed by atoms with E-state index in [0.717, 1.165) is 12.8 Å². The molecule has 26 heavy (non-hydrogen) atoms. The molecule has 0 unspecified atom stereocenters. The number of rotatable bonds is 9. The molecule has 0 aromatic heterocycles. The summed E-state index contributed by atoms with van der Waals surface area (Å²) in [5.74, 6) is 1.61. The molecular weight excluding hydrogens is 332 g/mol. The van der Waals surface area contributed by atoms with Crippen molar-refractivity contribution in [2.45, 2.75) is 19.8 Å². The maximum Gasteiger partial charge on any atom is 0.277 e. The Morgan fingerprint density at radius 3 is 2.46 bits per heavy atom. The van der Waals surface area contributed by atoms with Crippen LogP contribution in [0.5, 0.6) is 17.2 Å². The molecule has 2 aromatic rings. The number of amides is 1. The zero-order chi connectivity index (χ0) is 18.8. The summed E-state index contributed by atoms with van der Waals surface area (Å²) in [6, 6.07) is 13.1. The first-order chi connectivity index (χ1) is 12.7. The molecule has 2 aromatic carbocycles.